The van der Waals surface area contributed by atoms with Crippen LogP contribution < -0.4 is 16.6 Å². The number of nitrogens with zero attached hydrogens (tertiary/aromatic N) is 2. The van der Waals surface area contributed by atoms with Crippen molar-refractivity contribution in [3.8, 4) is 22.4 Å². The Hall–Kier alpha value is -4.40. The smallest absolute Gasteiger partial charge is 0.542 e. The van der Waals surface area contributed by atoms with Crippen LogP contribution in [0.5, 0.6) is 0 Å². The first kappa shape index (κ1) is 30.1. The summed E-state index contributed by atoms with van der Waals surface area (Å²) in [6.45, 7) is 11.3. The maximum absolute atomic E-state index is 10.5. The minimum Gasteiger partial charge on any atom is -0.542 e. The second kappa shape index (κ2) is 11.8. The summed E-state index contributed by atoms with van der Waals surface area (Å²) >= 11 is 0. The van der Waals surface area contributed by atoms with Gasteiger partial charge in [0.15, 0.2) is 5.96 Å². The number of hydrogen-bond acceptors (Lipinski definition) is 4. The highest BCUT2D eigenvalue weighted by molar-refractivity contribution is 5.90. The quantitative estimate of drug-likeness (QED) is 0.251. The van der Waals surface area contributed by atoms with Crippen molar-refractivity contribution in [2.24, 2.45) is 16.5 Å². The largest absolute Gasteiger partial charge is 1.00 e. The van der Waals surface area contributed by atoms with Gasteiger partial charge in [-0.3, -0.25) is 4.98 Å². The molecule has 3 aromatic carbocycles. The molecule has 0 saturated carbocycles. The molecule has 0 radical (unpaired) electrons. The van der Waals surface area contributed by atoms with Crippen LogP contribution >= 0.6 is 0 Å². The number of carbonyl (C=O) groups excluding carboxylic acids is 1. The summed E-state index contributed by atoms with van der Waals surface area (Å²) in [6, 6.07) is 23.9. The lowest BCUT2D eigenvalue weighted by Crippen LogP contribution is -2.37. The number of aliphatic imine (C=N–C) groups is 1. The van der Waals surface area contributed by atoms with Gasteiger partial charge in [0.2, 0.25) is 0 Å². The number of nitrogens with two attached hydrogens (primary N) is 2. The van der Waals surface area contributed by atoms with Crippen molar-refractivity contribution >= 4 is 22.7 Å². The second-order valence-electron chi connectivity index (χ2n) is 10.5. The van der Waals surface area contributed by atoms with E-state index in [1.165, 1.54) is 27.8 Å². The summed E-state index contributed by atoms with van der Waals surface area (Å²) < 4.78 is 31.5. The van der Waals surface area contributed by atoms with Crippen LogP contribution in [-0.2, 0) is 16.8 Å². The van der Waals surface area contributed by atoms with Crippen molar-refractivity contribution < 1.29 is 24.5 Å². The van der Waals surface area contributed by atoms with E-state index in [0.29, 0.717) is 6.54 Å². The van der Waals surface area contributed by atoms with Crippen LogP contribution in [-0.4, -0.2) is 23.1 Å². The molecule has 0 aliphatic carbocycles. The highest BCUT2D eigenvalue weighted by Crippen LogP contribution is 2.32. The molecule has 4 N–H and O–H groups in total. The fourth-order valence-electron chi connectivity index (χ4n) is 4.05. The molecule has 6 nitrogen and oxygen atoms in total. The molecule has 0 spiro atoms. The molecule has 210 valence electrons. The van der Waals surface area contributed by atoms with Crippen LogP contribution in [0.2, 0.25) is 0 Å². The molecule has 0 bridgehead atoms. The van der Waals surface area contributed by atoms with Gasteiger partial charge in [0, 0.05) is 10.9 Å². The third kappa shape index (κ3) is 7.59. The van der Waals surface area contributed by atoms with Gasteiger partial charge < -0.3 is 21.4 Å². The molecule has 0 aliphatic heterocycles. The predicted molar refractivity (Wildman–Crippen MR) is 152 cm³/mol. The first-order chi connectivity index (χ1) is 18.6. The van der Waals surface area contributed by atoms with Crippen LogP contribution in [0.4, 0.5) is 13.2 Å². The van der Waals surface area contributed by atoms with Crippen molar-refractivity contribution in [2.75, 3.05) is 0 Å². The highest BCUT2D eigenvalue weighted by Gasteiger charge is 2.28. The number of carbonyl (C=O) groups is 1. The molecule has 9 heteroatoms. The third-order valence-corrected chi connectivity index (χ3v) is 6.39. The number of alkyl halides is 3. The summed E-state index contributed by atoms with van der Waals surface area (Å²) in [5.74, 6) is -2.94. The second-order valence-corrected chi connectivity index (χ2v) is 10.5. The summed E-state index contributed by atoms with van der Waals surface area (Å²) in [6.07, 6.45) is -5.19. The van der Waals surface area contributed by atoms with Gasteiger partial charge in [-0.25, -0.2) is 4.99 Å². The van der Waals surface area contributed by atoms with Crippen molar-refractivity contribution in [1.29, 1.82) is 0 Å². The first-order valence-corrected chi connectivity index (χ1v) is 12.5. The van der Waals surface area contributed by atoms with E-state index < -0.39 is 12.1 Å². The zero-order valence-electron chi connectivity index (χ0n) is 24.1. The van der Waals surface area contributed by atoms with Crippen molar-refractivity contribution in [3.63, 3.8) is 0 Å². The minimum absolute atomic E-state index is 0. The number of benzene rings is 3. The molecular formula is C31H33F3N4O2. The van der Waals surface area contributed by atoms with Gasteiger partial charge in [0.1, 0.15) is 5.97 Å². The number of carboxylic acid groups (broad SMARTS) is 1. The Bertz CT molecular complexity index is 1570. The fraction of sp³-hybridized carbons (Fsp3) is 0.258. The van der Waals surface area contributed by atoms with E-state index in [4.69, 9.17) is 26.4 Å². The lowest BCUT2D eigenvalue weighted by atomic mass is 9.85. The summed E-state index contributed by atoms with van der Waals surface area (Å²) in [7, 11) is 0. The zero-order valence-corrected chi connectivity index (χ0v) is 23.1. The van der Waals surface area contributed by atoms with Crippen LogP contribution in [0.3, 0.4) is 0 Å². The van der Waals surface area contributed by atoms with E-state index in [1.807, 2.05) is 0 Å². The van der Waals surface area contributed by atoms with E-state index in [9.17, 15) is 13.2 Å². The van der Waals surface area contributed by atoms with E-state index >= 15 is 0 Å². The Morgan fingerprint density at radius 1 is 0.900 bits per heavy atom. The molecule has 0 saturated heterocycles. The number of aliphatic carboxylic acids is 1. The predicted octanol–water partition coefficient (Wildman–Crippen LogP) is 5.67. The Morgan fingerprint density at radius 3 is 2.02 bits per heavy atom. The molecule has 0 amide bonds. The number of guanidine groups is 1. The van der Waals surface area contributed by atoms with Crippen LogP contribution in [0.1, 0.15) is 44.6 Å². The van der Waals surface area contributed by atoms with E-state index in [0.717, 1.165) is 27.7 Å². The molecule has 4 aromatic rings. The number of fused-ring (bicyclic) bond motifs is 1. The molecule has 0 atom stereocenters. The van der Waals surface area contributed by atoms with Crippen molar-refractivity contribution in [1.82, 2.24) is 4.98 Å². The Balaban J connectivity index is 0.000000655. The van der Waals surface area contributed by atoms with Crippen molar-refractivity contribution in [3.05, 3.63) is 89.1 Å². The molecule has 1 aromatic heterocycles. The molecule has 0 fully saturated rings. The zero-order chi connectivity index (χ0) is 29.8. The molecule has 0 aliphatic rings. The summed E-state index contributed by atoms with van der Waals surface area (Å²) in [5.41, 5.74) is 20.4. The van der Waals surface area contributed by atoms with Crippen LogP contribution in [0.25, 0.3) is 33.2 Å². The molecule has 1 heterocycles. The number of halogens is 3. The highest BCUT2D eigenvalue weighted by atomic mass is 19.4. The van der Waals surface area contributed by atoms with Gasteiger partial charge in [-0.05, 0) is 70.7 Å². The standard InChI is InChI=1S/C29H32N4.C2HF3O2/c1-18-12-23-16-26(33-27(17-32-28(30)31)25(23)13-19(18)2)22-10-6-8-20(14-22)21-9-7-11-24(15-21)29(3,4)5;3-2(4,5)1(6)7/h6-16H,17H2,1-5H3,(H4,30,31,32);(H,6,7). The number of pyridine rings is 1. The van der Waals surface area contributed by atoms with Crippen LogP contribution in [0.15, 0.2) is 71.7 Å². The average molecular weight is 551 g/mol. The SMILES string of the molecule is Cc1cc2cc(-c3cccc(-c4cccc(C(C)(C)C)c4)c3)nc(CN=C(N)N)c2cc1C.O=C([O-])C(F)(F)F.[H+]. The summed E-state index contributed by atoms with van der Waals surface area (Å²) in [5, 5.41) is 11.0. The topological polar surface area (TPSA) is 117 Å². The average Bonchev–Trinajstić information content (AvgIpc) is 2.87. The number of aromatic nitrogens is 1. The van der Waals surface area contributed by atoms with Gasteiger partial charge in [-0.1, -0.05) is 69.3 Å². The Labute approximate surface area is 233 Å². The number of hydrogen-bond donors (Lipinski definition) is 2. The molecule has 0 unspecified atom stereocenters. The van der Waals surface area contributed by atoms with Gasteiger partial charge >= 0.3 is 7.60 Å². The Morgan fingerprint density at radius 2 is 1.45 bits per heavy atom. The minimum atomic E-state index is -5.19. The van der Waals surface area contributed by atoms with Gasteiger partial charge in [-0.2, -0.15) is 13.2 Å². The number of aryl methyl sites for hydroxylation is 2. The lowest BCUT2D eigenvalue weighted by Gasteiger charge is -2.20. The molecular weight excluding hydrogens is 517 g/mol. The van der Waals surface area contributed by atoms with E-state index in [-0.39, 0.29) is 12.8 Å². The summed E-state index contributed by atoms with van der Waals surface area (Å²) in [4.78, 5) is 18.0. The fourth-order valence-corrected chi connectivity index (χ4v) is 4.05. The third-order valence-electron chi connectivity index (χ3n) is 6.39. The van der Waals surface area contributed by atoms with E-state index in [1.54, 1.807) is 0 Å². The number of carboxylic acids is 1. The monoisotopic (exact) mass is 550 g/mol. The first-order valence-electron chi connectivity index (χ1n) is 12.5. The van der Waals surface area contributed by atoms with Crippen molar-refractivity contribution in [2.45, 2.75) is 52.8 Å². The van der Waals surface area contributed by atoms with E-state index in [2.05, 4.69) is 106 Å². The maximum Gasteiger partial charge on any atom is 1.00 e. The van der Waals surface area contributed by atoms with Gasteiger partial charge in [0.05, 0.1) is 17.9 Å². The van der Waals surface area contributed by atoms with Crippen LogP contribution in [0, 0.1) is 13.8 Å². The van der Waals surface area contributed by atoms with Gasteiger partial charge in [0.25, 0.3) is 0 Å². The Kier molecular flexibility index (Phi) is 8.87. The number of rotatable bonds is 4. The van der Waals surface area contributed by atoms with Gasteiger partial charge in [-0.15, -0.1) is 0 Å². The normalized spacial score (nSPS) is 11.5. The molecule has 40 heavy (non-hydrogen) atoms. The lowest BCUT2D eigenvalue weighted by molar-refractivity contribution is -0.344. The maximum atomic E-state index is 10.5. The molecule has 4 rings (SSSR count).